The number of rotatable bonds is 5. The van der Waals surface area contributed by atoms with Gasteiger partial charge in [-0.05, 0) is 91.5 Å². The molecule has 0 bridgehead atoms. The lowest BCUT2D eigenvalue weighted by Crippen LogP contribution is -2.11. The number of thiophene rings is 1. The van der Waals surface area contributed by atoms with Crippen molar-refractivity contribution in [1.82, 2.24) is 0 Å². The summed E-state index contributed by atoms with van der Waals surface area (Å²) in [4.78, 5) is 2.45. The van der Waals surface area contributed by atoms with Crippen LogP contribution in [0, 0.1) is 0 Å². The highest BCUT2D eigenvalue weighted by molar-refractivity contribution is 7.25. The van der Waals surface area contributed by atoms with Gasteiger partial charge in [0.25, 0.3) is 0 Å². The fourth-order valence-corrected chi connectivity index (χ4v) is 8.88. The summed E-state index contributed by atoms with van der Waals surface area (Å²) < 4.78 is 2.60. The van der Waals surface area contributed by atoms with E-state index in [0.717, 1.165) is 17.1 Å². The number of benzene rings is 9. The van der Waals surface area contributed by atoms with Crippen LogP contribution in [-0.2, 0) is 0 Å². The quantitative estimate of drug-likeness (QED) is 0.167. The smallest absolute Gasteiger partial charge is 0.0540 e. The molecule has 0 atom stereocenters. The van der Waals surface area contributed by atoms with Crippen molar-refractivity contribution in [3.05, 3.63) is 188 Å². The van der Waals surface area contributed by atoms with Crippen LogP contribution in [0.4, 0.5) is 17.1 Å². The zero-order valence-electron chi connectivity index (χ0n) is 27.3. The van der Waals surface area contributed by atoms with Crippen LogP contribution < -0.4 is 4.90 Å². The van der Waals surface area contributed by atoms with E-state index in [4.69, 9.17) is 0 Å². The predicted octanol–water partition coefficient (Wildman–Crippen LogP) is 14.3. The number of hydrogen-bond donors (Lipinski definition) is 0. The first-order chi connectivity index (χ1) is 24.8. The predicted molar refractivity (Wildman–Crippen MR) is 217 cm³/mol. The van der Waals surface area contributed by atoms with Crippen molar-refractivity contribution >= 4 is 80.9 Å². The fraction of sp³-hybridized carbons (Fsp3) is 0. The number of hydrogen-bond acceptors (Lipinski definition) is 2. The van der Waals surface area contributed by atoms with E-state index in [-0.39, 0.29) is 0 Å². The summed E-state index contributed by atoms with van der Waals surface area (Å²) in [7, 11) is 0. The Labute approximate surface area is 294 Å². The Bertz CT molecular complexity index is 2890. The molecule has 10 aromatic rings. The summed E-state index contributed by atoms with van der Waals surface area (Å²) in [6.07, 6.45) is 0. The molecule has 0 fully saturated rings. The van der Waals surface area contributed by atoms with Crippen molar-refractivity contribution < 1.29 is 0 Å². The van der Waals surface area contributed by atoms with E-state index in [1.807, 2.05) is 11.3 Å². The molecule has 0 spiro atoms. The maximum Gasteiger partial charge on any atom is 0.0540 e. The van der Waals surface area contributed by atoms with Gasteiger partial charge in [0.1, 0.15) is 0 Å². The summed E-state index contributed by atoms with van der Waals surface area (Å²) >= 11 is 1.86. The molecular weight excluding hydrogens is 623 g/mol. The van der Waals surface area contributed by atoms with Gasteiger partial charge in [0, 0.05) is 37.1 Å². The lowest BCUT2D eigenvalue weighted by molar-refractivity contribution is 1.29. The first-order valence-electron chi connectivity index (χ1n) is 17.1. The van der Waals surface area contributed by atoms with Crippen molar-refractivity contribution in [3.63, 3.8) is 0 Å². The molecule has 0 aliphatic rings. The fourth-order valence-electron chi connectivity index (χ4n) is 7.74. The average Bonchev–Trinajstić information content (AvgIpc) is 3.56. The maximum absolute atomic E-state index is 2.45. The molecule has 1 nitrogen and oxygen atoms in total. The lowest BCUT2D eigenvalue weighted by Gasteiger charge is -2.29. The molecule has 0 radical (unpaired) electrons. The third-order valence-corrected chi connectivity index (χ3v) is 11.2. The zero-order chi connectivity index (χ0) is 33.0. The summed E-state index contributed by atoms with van der Waals surface area (Å²) in [6.45, 7) is 0. The number of fused-ring (bicyclic) bond motifs is 7. The molecule has 0 unspecified atom stereocenters. The topological polar surface area (TPSA) is 3.24 Å². The molecule has 234 valence electrons. The molecule has 2 heteroatoms. The van der Waals surface area contributed by atoms with E-state index in [2.05, 4.69) is 193 Å². The van der Waals surface area contributed by atoms with Gasteiger partial charge in [-0.2, -0.15) is 0 Å². The van der Waals surface area contributed by atoms with Crippen molar-refractivity contribution in [1.29, 1.82) is 0 Å². The van der Waals surface area contributed by atoms with Gasteiger partial charge in [-0.15, -0.1) is 11.3 Å². The Balaban J connectivity index is 1.23. The highest BCUT2D eigenvalue weighted by atomic mass is 32.1. The van der Waals surface area contributed by atoms with Crippen molar-refractivity contribution in [2.45, 2.75) is 0 Å². The molecule has 0 N–H and O–H groups in total. The van der Waals surface area contributed by atoms with Crippen LogP contribution in [0.2, 0.25) is 0 Å². The average molecular weight is 654 g/mol. The van der Waals surface area contributed by atoms with Gasteiger partial charge in [0.2, 0.25) is 0 Å². The maximum atomic E-state index is 2.45. The van der Waals surface area contributed by atoms with Gasteiger partial charge in [0.15, 0.2) is 0 Å². The number of anilines is 3. The molecule has 0 aliphatic heterocycles. The van der Waals surface area contributed by atoms with Crippen molar-refractivity contribution in [3.8, 4) is 22.3 Å². The molecule has 0 amide bonds. The second kappa shape index (κ2) is 11.7. The second-order valence-corrected chi connectivity index (χ2v) is 14.0. The SMILES string of the molecule is c1cc(-c2cc3ccccc3c3ccccc23)cc(N(c2ccc3c(c2)sc2ccccc23)c2ccccc2-c2cccc3ccccc23)c1. The Morgan fingerprint density at radius 3 is 1.84 bits per heavy atom. The summed E-state index contributed by atoms with van der Waals surface area (Å²) in [6, 6.07) is 68.8. The number of para-hydroxylation sites is 1. The third-order valence-electron chi connectivity index (χ3n) is 10.0. The van der Waals surface area contributed by atoms with Gasteiger partial charge < -0.3 is 4.90 Å². The normalized spacial score (nSPS) is 11.6. The Morgan fingerprint density at radius 1 is 0.320 bits per heavy atom. The van der Waals surface area contributed by atoms with E-state index < -0.39 is 0 Å². The first kappa shape index (κ1) is 28.8. The highest BCUT2D eigenvalue weighted by Crippen LogP contribution is 2.46. The molecule has 10 rings (SSSR count). The van der Waals surface area contributed by atoms with Crippen LogP contribution in [0.1, 0.15) is 0 Å². The minimum Gasteiger partial charge on any atom is -0.310 e. The second-order valence-electron chi connectivity index (χ2n) is 12.9. The summed E-state index contributed by atoms with van der Waals surface area (Å²) in [5, 5.41) is 10.2. The van der Waals surface area contributed by atoms with Gasteiger partial charge in [0.05, 0.1) is 5.69 Å². The van der Waals surface area contributed by atoms with E-state index >= 15 is 0 Å². The van der Waals surface area contributed by atoms with Crippen LogP contribution in [0.5, 0.6) is 0 Å². The molecule has 0 saturated carbocycles. The van der Waals surface area contributed by atoms with E-state index in [1.54, 1.807) is 0 Å². The Morgan fingerprint density at radius 2 is 0.940 bits per heavy atom. The summed E-state index contributed by atoms with van der Waals surface area (Å²) in [5.74, 6) is 0. The van der Waals surface area contributed by atoms with Crippen LogP contribution in [-0.4, -0.2) is 0 Å². The zero-order valence-corrected chi connectivity index (χ0v) is 28.1. The molecule has 1 heterocycles. The minimum absolute atomic E-state index is 1.12. The van der Waals surface area contributed by atoms with E-state index in [0.29, 0.717) is 0 Å². The van der Waals surface area contributed by atoms with Crippen molar-refractivity contribution in [2.24, 2.45) is 0 Å². The molecule has 1 aromatic heterocycles. The van der Waals surface area contributed by atoms with E-state index in [9.17, 15) is 0 Å². The largest absolute Gasteiger partial charge is 0.310 e. The molecule has 9 aromatic carbocycles. The molecule has 50 heavy (non-hydrogen) atoms. The Hall–Kier alpha value is -6.22. The van der Waals surface area contributed by atoms with Gasteiger partial charge in [-0.1, -0.05) is 146 Å². The molecular formula is C48H31NS. The van der Waals surface area contributed by atoms with Crippen LogP contribution >= 0.6 is 11.3 Å². The molecule has 0 saturated heterocycles. The van der Waals surface area contributed by atoms with Crippen LogP contribution in [0.3, 0.4) is 0 Å². The van der Waals surface area contributed by atoms with Gasteiger partial charge in [-0.25, -0.2) is 0 Å². The van der Waals surface area contributed by atoms with Crippen molar-refractivity contribution in [2.75, 3.05) is 4.90 Å². The molecule has 0 aliphatic carbocycles. The van der Waals surface area contributed by atoms with Gasteiger partial charge >= 0.3 is 0 Å². The van der Waals surface area contributed by atoms with Crippen LogP contribution in [0.15, 0.2) is 188 Å². The van der Waals surface area contributed by atoms with Crippen LogP contribution in [0.25, 0.3) is 74.7 Å². The monoisotopic (exact) mass is 653 g/mol. The first-order valence-corrected chi connectivity index (χ1v) is 17.9. The highest BCUT2D eigenvalue weighted by Gasteiger charge is 2.20. The summed E-state index contributed by atoms with van der Waals surface area (Å²) in [5.41, 5.74) is 8.25. The number of nitrogens with zero attached hydrogens (tertiary/aromatic N) is 1. The Kier molecular flexibility index (Phi) is 6.75. The van der Waals surface area contributed by atoms with Gasteiger partial charge in [-0.3, -0.25) is 0 Å². The van der Waals surface area contributed by atoms with E-state index in [1.165, 1.54) is 74.7 Å². The third kappa shape index (κ3) is 4.69. The minimum atomic E-state index is 1.12. The standard InChI is InChI=1S/C48H31NS/c1-3-18-37-32(13-1)15-12-24-40(37)42-22-7-9-25-46(42)49(36-27-28-44-43-23-8-10-26-47(43)50-48(44)31-36)35-17-11-16-33(29-35)45-30-34-14-2-4-19-38(34)39-20-5-6-21-41(39)45/h1-31H. The lowest BCUT2D eigenvalue weighted by atomic mass is 9.93.